The van der Waals surface area contributed by atoms with Crippen molar-refractivity contribution in [2.45, 2.75) is 43.5 Å². The molecule has 25 heavy (non-hydrogen) atoms. The van der Waals surface area contributed by atoms with E-state index < -0.39 is 9.73 Å². The molecular weight excluding hydrogens is 356 g/mol. The highest BCUT2D eigenvalue weighted by atomic mass is 35.5. The summed E-state index contributed by atoms with van der Waals surface area (Å²) in [5.41, 5.74) is 4.07. The van der Waals surface area contributed by atoms with Gasteiger partial charge in [-0.1, -0.05) is 17.7 Å². The van der Waals surface area contributed by atoms with Crippen molar-refractivity contribution in [3.63, 3.8) is 0 Å². The van der Waals surface area contributed by atoms with E-state index in [9.17, 15) is 4.21 Å². The van der Waals surface area contributed by atoms with Gasteiger partial charge in [0.2, 0.25) is 5.95 Å². The Hall–Kier alpha value is -1.66. The van der Waals surface area contributed by atoms with Crippen LogP contribution in [-0.2, 0) is 22.6 Å². The normalized spacial score (nSPS) is 21.6. The van der Waals surface area contributed by atoms with Crippen LogP contribution in [0.3, 0.4) is 0 Å². The summed E-state index contributed by atoms with van der Waals surface area (Å²) < 4.78 is 20.1. The Labute approximate surface area is 153 Å². The molecule has 1 N–H and O–H groups in total. The highest BCUT2D eigenvalue weighted by molar-refractivity contribution is 7.91. The average Bonchev–Trinajstić information content (AvgIpc) is 3.00. The minimum absolute atomic E-state index is 0.369. The highest BCUT2D eigenvalue weighted by Crippen LogP contribution is 2.36. The Kier molecular flexibility index (Phi) is 4.00. The number of benzene rings is 1. The van der Waals surface area contributed by atoms with Gasteiger partial charge < -0.3 is 4.90 Å². The van der Waals surface area contributed by atoms with Crippen molar-refractivity contribution in [2.24, 2.45) is 0 Å². The van der Waals surface area contributed by atoms with E-state index in [4.69, 9.17) is 26.3 Å². The van der Waals surface area contributed by atoms with E-state index in [-0.39, 0.29) is 0 Å². The van der Waals surface area contributed by atoms with E-state index in [1.54, 1.807) is 12.1 Å². The smallest absolute Gasteiger partial charge is 0.226 e. The number of halogens is 1. The minimum Gasteiger partial charge on any atom is -0.338 e. The number of rotatable bonds is 3. The molecule has 2 heterocycles. The lowest BCUT2D eigenvalue weighted by Gasteiger charge is -2.39. The molecule has 1 fully saturated rings. The van der Waals surface area contributed by atoms with E-state index >= 15 is 0 Å². The standard InChI is InChI=1S/C18H21ClN4OS/c1-11-8-9-23(11)18-21-15-5-3-4-13(15)17(22-18)12-6-7-14(19)16(10-12)25(2,20)24/h6-7,10-11,20H,3-5,8-9H2,1-2H3/t11-,25?/m0/s1. The molecule has 2 aliphatic rings. The van der Waals surface area contributed by atoms with Crippen molar-refractivity contribution < 1.29 is 4.21 Å². The molecule has 1 saturated heterocycles. The summed E-state index contributed by atoms with van der Waals surface area (Å²) in [7, 11) is -2.89. The minimum atomic E-state index is -2.89. The fourth-order valence-electron chi connectivity index (χ4n) is 3.55. The number of nitrogens with one attached hydrogen (secondary N) is 1. The molecule has 0 radical (unpaired) electrons. The molecular formula is C18H21ClN4OS. The topological polar surface area (TPSA) is 69.9 Å². The van der Waals surface area contributed by atoms with Crippen LogP contribution in [0.5, 0.6) is 0 Å². The van der Waals surface area contributed by atoms with Crippen LogP contribution in [0.1, 0.15) is 31.0 Å². The molecule has 1 unspecified atom stereocenters. The van der Waals surface area contributed by atoms with Crippen molar-refractivity contribution in [2.75, 3.05) is 17.7 Å². The van der Waals surface area contributed by atoms with Crippen LogP contribution < -0.4 is 4.90 Å². The lowest BCUT2D eigenvalue weighted by Crippen LogP contribution is -2.46. The Balaban J connectivity index is 1.88. The highest BCUT2D eigenvalue weighted by Gasteiger charge is 2.29. The van der Waals surface area contributed by atoms with Gasteiger partial charge in [0.25, 0.3) is 0 Å². The van der Waals surface area contributed by atoms with Gasteiger partial charge in [0.1, 0.15) is 0 Å². The van der Waals surface area contributed by atoms with Gasteiger partial charge in [-0.3, -0.25) is 0 Å². The van der Waals surface area contributed by atoms with E-state index in [0.29, 0.717) is 16.0 Å². The third kappa shape index (κ3) is 2.91. The third-order valence-corrected chi connectivity index (χ3v) is 6.74. The van der Waals surface area contributed by atoms with Crippen LogP contribution in [0.4, 0.5) is 5.95 Å². The first kappa shape index (κ1) is 16.8. The number of nitrogens with zero attached hydrogens (tertiary/aromatic N) is 3. The largest absolute Gasteiger partial charge is 0.338 e. The summed E-state index contributed by atoms with van der Waals surface area (Å²) in [6, 6.07) is 5.86. The van der Waals surface area contributed by atoms with Crippen LogP contribution in [0, 0.1) is 4.78 Å². The predicted octanol–water partition coefficient (Wildman–Crippen LogP) is 3.92. The third-order valence-electron chi connectivity index (χ3n) is 5.12. The van der Waals surface area contributed by atoms with Crippen LogP contribution in [-0.4, -0.2) is 33.0 Å². The maximum Gasteiger partial charge on any atom is 0.226 e. The summed E-state index contributed by atoms with van der Waals surface area (Å²) in [6.07, 6.45) is 5.58. The van der Waals surface area contributed by atoms with Crippen molar-refractivity contribution in [1.29, 1.82) is 4.78 Å². The summed E-state index contributed by atoms with van der Waals surface area (Å²) in [6.45, 7) is 3.17. The Morgan fingerprint density at radius 2 is 2.12 bits per heavy atom. The number of fused-ring (bicyclic) bond motifs is 1. The monoisotopic (exact) mass is 376 g/mol. The van der Waals surface area contributed by atoms with E-state index in [1.807, 2.05) is 6.07 Å². The molecule has 1 aliphatic heterocycles. The lowest BCUT2D eigenvalue weighted by atomic mass is 10.0. The zero-order chi connectivity index (χ0) is 17.8. The first-order valence-corrected chi connectivity index (χ1v) is 10.9. The Bertz CT molecular complexity index is 958. The van der Waals surface area contributed by atoms with Crippen molar-refractivity contribution in [1.82, 2.24) is 9.97 Å². The van der Waals surface area contributed by atoms with Crippen LogP contribution in [0.2, 0.25) is 5.02 Å². The first-order chi connectivity index (χ1) is 11.8. The van der Waals surface area contributed by atoms with Crippen LogP contribution in [0.25, 0.3) is 11.3 Å². The average molecular weight is 377 g/mol. The van der Waals surface area contributed by atoms with Gasteiger partial charge in [-0.25, -0.2) is 19.0 Å². The van der Waals surface area contributed by atoms with Gasteiger partial charge in [0.05, 0.1) is 25.3 Å². The molecule has 0 saturated carbocycles. The molecule has 5 nitrogen and oxygen atoms in total. The molecule has 0 spiro atoms. The number of aromatic nitrogens is 2. The zero-order valence-corrected chi connectivity index (χ0v) is 16.0. The van der Waals surface area contributed by atoms with Crippen LogP contribution >= 0.6 is 11.6 Å². The maximum atomic E-state index is 12.2. The number of anilines is 1. The molecule has 1 aromatic heterocycles. The van der Waals surface area contributed by atoms with Crippen molar-refractivity contribution in [3.8, 4) is 11.3 Å². The molecule has 2 atom stereocenters. The lowest BCUT2D eigenvalue weighted by molar-refractivity contribution is 0.470. The van der Waals surface area contributed by atoms with Crippen molar-refractivity contribution >= 4 is 27.3 Å². The summed E-state index contributed by atoms with van der Waals surface area (Å²) in [5.74, 6) is 0.786. The van der Waals surface area contributed by atoms with Gasteiger partial charge >= 0.3 is 0 Å². The molecule has 132 valence electrons. The van der Waals surface area contributed by atoms with Gasteiger partial charge in [-0.2, -0.15) is 0 Å². The van der Waals surface area contributed by atoms with Crippen LogP contribution in [0.15, 0.2) is 23.1 Å². The first-order valence-electron chi connectivity index (χ1n) is 8.55. The molecule has 4 rings (SSSR count). The molecule has 1 aliphatic carbocycles. The summed E-state index contributed by atoms with van der Waals surface area (Å²) in [4.78, 5) is 12.3. The number of hydrogen-bond acceptors (Lipinski definition) is 5. The molecule has 7 heteroatoms. The second-order valence-corrected chi connectivity index (χ2v) is 9.51. The van der Waals surface area contributed by atoms with Gasteiger partial charge in [-0.15, -0.1) is 0 Å². The second-order valence-electron chi connectivity index (χ2n) is 6.97. The van der Waals surface area contributed by atoms with E-state index in [2.05, 4.69) is 11.8 Å². The SMILES string of the molecule is C[C@H]1CCN1c1nc2c(c(-c3ccc(Cl)c(S(C)(=N)=O)c3)n1)CCC2. The fourth-order valence-corrected chi connectivity index (χ4v) is 4.90. The Morgan fingerprint density at radius 1 is 1.32 bits per heavy atom. The quantitative estimate of drug-likeness (QED) is 0.881. The zero-order valence-electron chi connectivity index (χ0n) is 14.4. The van der Waals surface area contributed by atoms with E-state index in [1.165, 1.54) is 11.8 Å². The Morgan fingerprint density at radius 3 is 2.76 bits per heavy atom. The fraction of sp³-hybridized carbons (Fsp3) is 0.444. The van der Waals surface area contributed by atoms with E-state index in [0.717, 1.165) is 55.1 Å². The van der Waals surface area contributed by atoms with Gasteiger partial charge in [-0.05, 0) is 44.7 Å². The summed E-state index contributed by atoms with van der Waals surface area (Å²) >= 11 is 6.18. The number of hydrogen-bond donors (Lipinski definition) is 1. The van der Waals surface area contributed by atoms with Crippen molar-refractivity contribution in [3.05, 3.63) is 34.5 Å². The molecule has 1 aromatic carbocycles. The van der Waals surface area contributed by atoms with Gasteiger partial charge in [0.15, 0.2) is 0 Å². The van der Waals surface area contributed by atoms with Gasteiger partial charge in [0, 0.05) is 35.7 Å². The summed E-state index contributed by atoms with van der Waals surface area (Å²) in [5, 5.41) is 0.369. The second kappa shape index (κ2) is 5.95. The molecule has 0 amide bonds. The molecule has 0 bridgehead atoms. The maximum absolute atomic E-state index is 12.2. The number of aryl methyl sites for hydroxylation is 1. The predicted molar refractivity (Wildman–Crippen MR) is 101 cm³/mol. The molecule has 2 aromatic rings.